The Balaban J connectivity index is 2.19. The van der Waals surface area contributed by atoms with Crippen molar-refractivity contribution in [2.75, 3.05) is 27.3 Å². The third-order valence-electron chi connectivity index (χ3n) is 3.70. The second-order valence-electron chi connectivity index (χ2n) is 5.43. The molecule has 1 aromatic heterocycles. The number of hydrogen-bond donors (Lipinski definition) is 1. The molecule has 1 aromatic carbocycles. The summed E-state index contributed by atoms with van der Waals surface area (Å²) in [5.41, 5.74) is 1.91. The van der Waals surface area contributed by atoms with E-state index in [1.165, 1.54) is 0 Å². The van der Waals surface area contributed by atoms with Crippen LogP contribution in [0.2, 0.25) is 5.02 Å². The molecule has 0 radical (unpaired) electrons. The standard InChI is InChI=1S/C18H22ClN3O2/c1-22(18(23)21-11-4-12-24-2)17(15-5-3-10-20-13-15)14-6-8-16(19)9-7-14/h3,5-10,13,17H,4,11-12H2,1-2H3,(H,21,23)/t17-/m1/s1. The van der Waals surface area contributed by atoms with Gasteiger partial charge in [-0.15, -0.1) is 0 Å². The van der Waals surface area contributed by atoms with E-state index in [2.05, 4.69) is 10.3 Å². The average molecular weight is 348 g/mol. The van der Waals surface area contributed by atoms with E-state index in [9.17, 15) is 4.79 Å². The highest BCUT2D eigenvalue weighted by Gasteiger charge is 2.23. The first-order valence-corrected chi connectivity index (χ1v) is 8.16. The molecule has 0 aliphatic heterocycles. The van der Waals surface area contributed by atoms with E-state index < -0.39 is 0 Å². The second-order valence-corrected chi connectivity index (χ2v) is 5.87. The van der Waals surface area contributed by atoms with Gasteiger partial charge in [-0.3, -0.25) is 4.98 Å². The lowest BCUT2D eigenvalue weighted by Gasteiger charge is -2.29. The summed E-state index contributed by atoms with van der Waals surface area (Å²) in [6.07, 6.45) is 4.26. The van der Waals surface area contributed by atoms with Crippen LogP contribution in [-0.2, 0) is 4.74 Å². The van der Waals surface area contributed by atoms with Gasteiger partial charge in [0.1, 0.15) is 0 Å². The molecule has 24 heavy (non-hydrogen) atoms. The summed E-state index contributed by atoms with van der Waals surface area (Å²) in [5, 5.41) is 3.57. The summed E-state index contributed by atoms with van der Waals surface area (Å²) in [6, 6.07) is 10.9. The first kappa shape index (κ1) is 18.2. The molecule has 0 spiro atoms. The van der Waals surface area contributed by atoms with Crippen LogP contribution in [0.3, 0.4) is 0 Å². The van der Waals surface area contributed by atoms with E-state index in [4.69, 9.17) is 16.3 Å². The van der Waals surface area contributed by atoms with Crippen LogP contribution < -0.4 is 5.32 Å². The number of ether oxygens (including phenoxy) is 1. The lowest BCUT2D eigenvalue weighted by molar-refractivity contribution is 0.185. The molecule has 1 atom stereocenters. The monoisotopic (exact) mass is 347 g/mol. The third-order valence-corrected chi connectivity index (χ3v) is 3.95. The molecule has 5 nitrogen and oxygen atoms in total. The van der Waals surface area contributed by atoms with Crippen molar-refractivity contribution in [3.8, 4) is 0 Å². The van der Waals surface area contributed by atoms with Crippen LogP contribution in [-0.4, -0.2) is 43.2 Å². The van der Waals surface area contributed by atoms with Crippen LogP contribution in [0.15, 0.2) is 48.8 Å². The zero-order valence-corrected chi connectivity index (χ0v) is 14.7. The maximum absolute atomic E-state index is 12.5. The van der Waals surface area contributed by atoms with E-state index >= 15 is 0 Å². The quantitative estimate of drug-likeness (QED) is 0.780. The highest BCUT2D eigenvalue weighted by atomic mass is 35.5. The Labute approximate surface area is 147 Å². The highest BCUT2D eigenvalue weighted by Crippen LogP contribution is 2.28. The van der Waals surface area contributed by atoms with Gasteiger partial charge in [-0.05, 0) is 35.7 Å². The normalized spacial score (nSPS) is 11.8. The largest absolute Gasteiger partial charge is 0.385 e. The number of amides is 2. The topological polar surface area (TPSA) is 54.5 Å². The third kappa shape index (κ3) is 4.94. The fraction of sp³-hybridized carbons (Fsp3) is 0.333. The van der Waals surface area contributed by atoms with Gasteiger partial charge in [0.2, 0.25) is 0 Å². The van der Waals surface area contributed by atoms with E-state index in [0.717, 1.165) is 17.5 Å². The van der Waals surface area contributed by atoms with Crippen molar-refractivity contribution in [1.82, 2.24) is 15.2 Å². The van der Waals surface area contributed by atoms with Crippen molar-refractivity contribution < 1.29 is 9.53 Å². The summed E-state index contributed by atoms with van der Waals surface area (Å²) in [5.74, 6) is 0. The first-order valence-electron chi connectivity index (χ1n) is 7.78. The van der Waals surface area contributed by atoms with E-state index in [-0.39, 0.29) is 12.1 Å². The molecular weight excluding hydrogens is 326 g/mol. The molecule has 1 heterocycles. The molecule has 2 rings (SSSR count). The van der Waals surface area contributed by atoms with Crippen molar-refractivity contribution in [3.05, 3.63) is 64.9 Å². The van der Waals surface area contributed by atoms with Gasteiger partial charge in [-0.2, -0.15) is 0 Å². The molecule has 1 N–H and O–H groups in total. The lowest BCUT2D eigenvalue weighted by Crippen LogP contribution is -2.40. The van der Waals surface area contributed by atoms with Crippen LogP contribution in [0.25, 0.3) is 0 Å². The summed E-state index contributed by atoms with van der Waals surface area (Å²) in [7, 11) is 3.42. The van der Waals surface area contributed by atoms with Crippen LogP contribution >= 0.6 is 11.6 Å². The molecule has 0 saturated carbocycles. The molecule has 6 heteroatoms. The van der Waals surface area contributed by atoms with Crippen molar-refractivity contribution in [3.63, 3.8) is 0 Å². The number of nitrogens with one attached hydrogen (secondary N) is 1. The number of aromatic nitrogens is 1. The van der Waals surface area contributed by atoms with Crippen molar-refractivity contribution in [2.24, 2.45) is 0 Å². The minimum absolute atomic E-state index is 0.144. The summed E-state index contributed by atoms with van der Waals surface area (Å²) in [6.45, 7) is 1.19. The van der Waals surface area contributed by atoms with E-state index in [0.29, 0.717) is 18.2 Å². The number of pyridine rings is 1. The number of methoxy groups -OCH3 is 1. The molecule has 0 saturated heterocycles. The molecule has 0 aliphatic carbocycles. The van der Waals surface area contributed by atoms with Crippen LogP contribution in [0.1, 0.15) is 23.6 Å². The fourth-order valence-corrected chi connectivity index (χ4v) is 2.60. The predicted molar refractivity (Wildman–Crippen MR) is 95.2 cm³/mol. The second kappa shape index (κ2) is 9.25. The minimum atomic E-state index is -0.238. The SMILES string of the molecule is COCCCNC(=O)N(C)[C@H](c1ccc(Cl)cc1)c1cccnc1. The smallest absolute Gasteiger partial charge is 0.317 e. The number of carbonyl (C=O) groups excluding carboxylic acids is 1. The van der Waals surface area contributed by atoms with Crippen LogP contribution in [0.5, 0.6) is 0 Å². The summed E-state index contributed by atoms with van der Waals surface area (Å²) in [4.78, 5) is 18.3. The Bertz CT molecular complexity index is 634. The van der Waals surface area contributed by atoms with Gasteiger partial charge >= 0.3 is 6.03 Å². The summed E-state index contributed by atoms with van der Waals surface area (Å²) >= 11 is 5.99. The van der Waals surface area contributed by atoms with E-state index in [1.54, 1.807) is 31.5 Å². The maximum Gasteiger partial charge on any atom is 0.317 e. The minimum Gasteiger partial charge on any atom is -0.385 e. The maximum atomic E-state index is 12.5. The number of urea groups is 1. The van der Waals surface area contributed by atoms with Gasteiger partial charge in [0.15, 0.2) is 0 Å². The van der Waals surface area contributed by atoms with Gasteiger partial charge in [0.25, 0.3) is 0 Å². The zero-order chi connectivity index (χ0) is 17.4. The molecule has 0 aliphatic rings. The van der Waals surface area contributed by atoms with Crippen molar-refractivity contribution >= 4 is 17.6 Å². The molecule has 0 bridgehead atoms. The van der Waals surface area contributed by atoms with Gasteiger partial charge in [0, 0.05) is 44.7 Å². The predicted octanol–water partition coefficient (Wildman–Crippen LogP) is 3.50. The molecule has 0 unspecified atom stereocenters. The number of nitrogens with zero attached hydrogens (tertiary/aromatic N) is 2. The van der Waals surface area contributed by atoms with Gasteiger partial charge < -0.3 is 15.0 Å². The zero-order valence-electron chi connectivity index (χ0n) is 13.9. The lowest BCUT2D eigenvalue weighted by atomic mass is 9.99. The molecule has 2 aromatic rings. The number of hydrogen-bond acceptors (Lipinski definition) is 3. The highest BCUT2D eigenvalue weighted by molar-refractivity contribution is 6.30. The Kier molecular flexibility index (Phi) is 7.03. The Morgan fingerprint density at radius 2 is 2.04 bits per heavy atom. The number of rotatable bonds is 7. The number of carbonyl (C=O) groups is 1. The number of halogens is 1. The van der Waals surface area contributed by atoms with Crippen LogP contribution in [0, 0.1) is 0 Å². The first-order chi connectivity index (χ1) is 11.6. The summed E-state index contributed by atoms with van der Waals surface area (Å²) < 4.78 is 5.00. The molecule has 128 valence electrons. The Morgan fingerprint density at radius 3 is 2.67 bits per heavy atom. The fourth-order valence-electron chi connectivity index (χ4n) is 2.48. The van der Waals surface area contributed by atoms with Crippen molar-refractivity contribution in [2.45, 2.75) is 12.5 Å². The van der Waals surface area contributed by atoms with Gasteiger partial charge in [-0.25, -0.2) is 4.79 Å². The van der Waals surface area contributed by atoms with Crippen molar-refractivity contribution in [1.29, 1.82) is 0 Å². The Morgan fingerprint density at radius 1 is 1.29 bits per heavy atom. The van der Waals surface area contributed by atoms with Gasteiger partial charge in [0.05, 0.1) is 6.04 Å². The van der Waals surface area contributed by atoms with Crippen LogP contribution in [0.4, 0.5) is 4.79 Å². The van der Waals surface area contributed by atoms with E-state index in [1.807, 2.05) is 36.4 Å². The molecule has 0 fully saturated rings. The molecule has 2 amide bonds. The Hall–Kier alpha value is -2.11. The van der Waals surface area contributed by atoms with Gasteiger partial charge in [-0.1, -0.05) is 29.8 Å². The molecular formula is C18H22ClN3O2. The average Bonchev–Trinajstić information content (AvgIpc) is 2.61. The number of benzene rings is 1.